The molecule has 6 heteroatoms. The minimum Gasteiger partial charge on any atom is -0.461 e. The summed E-state index contributed by atoms with van der Waals surface area (Å²) in [5, 5.41) is 23.7. The van der Waals surface area contributed by atoms with Gasteiger partial charge in [0, 0.05) is 12.8 Å². The number of nitrogens with one attached hydrogen (secondary N) is 1. The van der Waals surface area contributed by atoms with Crippen LogP contribution in [0.25, 0.3) is 0 Å². The standard InChI is InChI=1S/C57H95NO5/c1-4-7-10-13-16-19-22-25-27-29-32-35-38-41-44-47-50-57(62)63-53(48-45-42-39-36-33-31-28-26-23-20-17-14-11-8-5-2)51-56(61)58-54(52-59)55(60)49-46-43-40-37-34-30-24-21-18-15-12-9-6-3/h7,10,16-17,19-20,25-28,32-33,35-36,41-42,44-45,53-55,59-60H,4-6,8-9,11-15,18,21-24,29-31,34,37-40,43,46-52H2,1-3H3,(H,58,61)/b10-7+,19-16+,20-17-,27-25+,28-26-,35-32+,36-33-,44-41+,45-42-. The average molecular weight is 874 g/mol. The van der Waals surface area contributed by atoms with Crippen LogP contribution in [0.4, 0.5) is 0 Å². The highest BCUT2D eigenvalue weighted by atomic mass is 16.5. The van der Waals surface area contributed by atoms with Crippen molar-refractivity contribution in [1.82, 2.24) is 5.32 Å². The number of carbonyl (C=O) groups is 2. The number of hydrogen-bond acceptors (Lipinski definition) is 5. The van der Waals surface area contributed by atoms with Crippen LogP contribution in [0.15, 0.2) is 109 Å². The second-order valence-electron chi connectivity index (χ2n) is 16.8. The molecule has 6 nitrogen and oxygen atoms in total. The van der Waals surface area contributed by atoms with Crippen LogP contribution < -0.4 is 5.32 Å². The molecule has 0 aromatic heterocycles. The molecule has 0 radical (unpaired) electrons. The van der Waals surface area contributed by atoms with Crippen molar-refractivity contribution in [3.63, 3.8) is 0 Å². The smallest absolute Gasteiger partial charge is 0.306 e. The Morgan fingerprint density at radius 3 is 1.35 bits per heavy atom. The molecule has 0 heterocycles. The molecular weight excluding hydrogens is 779 g/mol. The summed E-state index contributed by atoms with van der Waals surface area (Å²) in [4.78, 5) is 26.1. The number of hydrogen-bond donors (Lipinski definition) is 3. The van der Waals surface area contributed by atoms with E-state index < -0.39 is 18.2 Å². The van der Waals surface area contributed by atoms with Gasteiger partial charge in [-0.15, -0.1) is 0 Å². The molecule has 1 amide bonds. The first kappa shape index (κ1) is 59.5. The monoisotopic (exact) mass is 874 g/mol. The van der Waals surface area contributed by atoms with Gasteiger partial charge in [0.15, 0.2) is 0 Å². The second kappa shape index (κ2) is 49.5. The van der Waals surface area contributed by atoms with Gasteiger partial charge in [0.2, 0.25) is 5.91 Å². The topological polar surface area (TPSA) is 95.9 Å². The highest BCUT2D eigenvalue weighted by molar-refractivity contribution is 5.77. The summed E-state index contributed by atoms with van der Waals surface area (Å²) in [7, 11) is 0. The Balaban J connectivity index is 4.85. The number of aliphatic hydroxyl groups is 2. The summed E-state index contributed by atoms with van der Waals surface area (Å²) < 4.78 is 5.82. The van der Waals surface area contributed by atoms with Crippen molar-refractivity contribution in [2.24, 2.45) is 0 Å². The van der Waals surface area contributed by atoms with Crippen LogP contribution in [-0.2, 0) is 14.3 Å². The number of rotatable bonds is 44. The lowest BCUT2D eigenvalue weighted by atomic mass is 10.0. The maximum absolute atomic E-state index is 13.2. The van der Waals surface area contributed by atoms with E-state index in [1.165, 1.54) is 83.5 Å². The van der Waals surface area contributed by atoms with Gasteiger partial charge in [-0.1, -0.05) is 226 Å². The lowest BCUT2D eigenvalue weighted by Gasteiger charge is -2.24. The average Bonchev–Trinajstić information content (AvgIpc) is 3.28. The van der Waals surface area contributed by atoms with E-state index in [4.69, 9.17) is 4.74 Å². The van der Waals surface area contributed by atoms with E-state index in [9.17, 15) is 19.8 Å². The quantitative estimate of drug-likeness (QED) is 0.0322. The minimum absolute atomic E-state index is 0.0343. The molecule has 0 aliphatic rings. The molecule has 3 atom stereocenters. The summed E-state index contributed by atoms with van der Waals surface area (Å²) in [5.41, 5.74) is 0. The first-order valence-electron chi connectivity index (χ1n) is 25.6. The molecule has 0 spiro atoms. The Kier molecular flexibility index (Phi) is 46.8. The molecule has 0 aromatic rings. The summed E-state index contributed by atoms with van der Waals surface area (Å²) in [6.07, 6.45) is 67.4. The van der Waals surface area contributed by atoms with Crippen molar-refractivity contribution < 1.29 is 24.5 Å². The maximum atomic E-state index is 13.2. The normalized spacial score (nSPS) is 14.2. The van der Waals surface area contributed by atoms with Crippen LogP contribution >= 0.6 is 0 Å². The van der Waals surface area contributed by atoms with Gasteiger partial charge in [0.1, 0.15) is 6.10 Å². The molecule has 0 aromatic carbocycles. The SMILES string of the molecule is CC/C=C/C/C=C/C/C=C/C/C=C/C/C=C/CCC(=O)OC(C/C=C\C/C=C\C/C=C\C/C=C\CCCCC)CC(=O)NC(CO)C(O)CCCCCCCCCCCCCCC. The lowest BCUT2D eigenvalue weighted by Crippen LogP contribution is -2.46. The first-order chi connectivity index (χ1) is 31.0. The van der Waals surface area contributed by atoms with Gasteiger partial charge in [-0.2, -0.15) is 0 Å². The van der Waals surface area contributed by atoms with Gasteiger partial charge in [-0.05, 0) is 77.0 Å². The predicted octanol–water partition coefficient (Wildman–Crippen LogP) is 15.5. The van der Waals surface area contributed by atoms with E-state index in [2.05, 4.69) is 117 Å². The number of allylic oxidation sites excluding steroid dienone is 17. The van der Waals surface area contributed by atoms with Crippen LogP contribution in [0.3, 0.4) is 0 Å². The van der Waals surface area contributed by atoms with Crippen LogP contribution in [0.2, 0.25) is 0 Å². The highest BCUT2D eigenvalue weighted by Crippen LogP contribution is 2.15. The molecule has 0 fully saturated rings. The summed E-state index contributed by atoms with van der Waals surface area (Å²) in [6, 6.07) is -0.752. The molecule has 3 N–H and O–H groups in total. The lowest BCUT2D eigenvalue weighted by molar-refractivity contribution is -0.150. The number of aliphatic hydroxyl groups excluding tert-OH is 2. The number of ether oxygens (including phenoxy) is 1. The van der Waals surface area contributed by atoms with E-state index in [0.717, 1.165) is 77.0 Å². The Labute approximate surface area is 388 Å². The molecule has 358 valence electrons. The molecule has 63 heavy (non-hydrogen) atoms. The zero-order valence-electron chi connectivity index (χ0n) is 40.7. The van der Waals surface area contributed by atoms with E-state index in [1.807, 2.05) is 18.2 Å². The molecule has 0 rings (SSSR count). The van der Waals surface area contributed by atoms with Crippen molar-refractivity contribution in [2.45, 2.75) is 232 Å². The fraction of sp³-hybridized carbons (Fsp3) is 0.649. The third-order valence-corrected chi connectivity index (χ3v) is 10.9. The Bertz CT molecular complexity index is 1300. The van der Waals surface area contributed by atoms with E-state index in [-0.39, 0.29) is 31.3 Å². The summed E-state index contributed by atoms with van der Waals surface area (Å²) >= 11 is 0. The van der Waals surface area contributed by atoms with Gasteiger partial charge in [-0.3, -0.25) is 9.59 Å². The van der Waals surface area contributed by atoms with Crippen LogP contribution in [0, 0.1) is 0 Å². The molecule has 0 saturated carbocycles. The molecule has 0 bridgehead atoms. The Morgan fingerprint density at radius 2 is 0.889 bits per heavy atom. The van der Waals surface area contributed by atoms with Gasteiger partial charge >= 0.3 is 5.97 Å². The van der Waals surface area contributed by atoms with E-state index in [0.29, 0.717) is 19.3 Å². The molecule has 0 aliphatic carbocycles. The zero-order valence-corrected chi connectivity index (χ0v) is 40.7. The second-order valence-corrected chi connectivity index (χ2v) is 16.8. The van der Waals surface area contributed by atoms with Gasteiger partial charge in [0.05, 0.1) is 25.2 Å². The number of carbonyl (C=O) groups excluding carboxylic acids is 2. The van der Waals surface area contributed by atoms with E-state index >= 15 is 0 Å². The number of esters is 1. The third-order valence-electron chi connectivity index (χ3n) is 10.9. The molecule has 3 unspecified atom stereocenters. The maximum Gasteiger partial charge on any atom is 0.306 e. The number of unbranched alkanes of at least 4 members (excludes halogenated alkanes) is 15. The van der Waals surface area contributed by atoms with Gasteiger partial charge in [0.25, 0.3) is 0 Å². The number of amides is 1. The Hall–Kier alpha value is -3.48. The Morgan fingerprint density at radius 1 is 0.492 bits per heavy atom. The van der Waals surface area contributed by atoms with Crippen LogP contribution in [-0.4, -0.2) is 46.9 Å². The van der Waals surface area contributed by atoms with E-state index in [1.54, 1.807) is 0 Å². The minimum atomic E-state index is -0.829. The zero-order chi connectivity index (χ0) is 45.9. The van der Waals surface area contributed by atoms with Crippen molar-refractivity contribution in [3.05, 3.63) is 109 Å². The highest BCUT2D eigenvalue weighted by Gasteiger charge is 2.23. The van der Waals surface area contributed by atoms with Gasteiger partial charge in [-0.25, -0.2) is 0 Å². The predicted molar refractivity (Wildman–Crippen MR) is 273 cm³/mol. The van der Waals surface area contributed by atoms with Crippen molar-refractivity contribution >= 4 is 11.9 Å². The van der Waals surface area contributed by atoms with Crippen molar-refractivity contribution in [1.29, 1.82) is 0 Å². The third kappa shape index (κ3) is 44.9. The largest absolute Gasteiger partial charge is 0.461 e. The molecular formula is C57H95NO5. The fourth-order valence-electron chi connectivity index (χ4n) is 6.99. The fourth-order valence-corrected chi connectivity index (χ4v) is 6.99. The first-order valence-corrected chi connectivity index (χ1v) is 25.6. The summed E-state index contributed by atoms with van der Waals surface area (Å²) in [6.45, 7) is 6.28. The van der Waals surface area contributed by atoms with Crippen LogP contribution in [0.5, 0.6) is 0 Å². The van der Waals surface area contributed by atoms with Crippen LogP contribution in [0.1, 0.15) is 213 Å². The van der Waals surface area contributed by atoms with Crippen molar-refractivity contribution in [3.8, 4) is 0 Å². The van der Waals surface area contributed by atoms with Gasteiger partial charge < -0.3 is 20.3 Å². The summed E-state index contributed by atoms with van der Waals surface area (Å²) in [5.74, 6) is -0.685. The molecule has 0 saturated heterocycles. The molecule has 0 aliphatic heterocycles. The van der Waals surface area contributed by atoms with Crippen molar-refractivity contribution in [2.75, 3.05) is 6.61 Å².